The highest BCUT2D eigenvalue weighted by atomic mass is 16.5. The zero-order valence-electron chi connectivity index (χ0n) is 12.8. The molecule has 1 unspecified atom stereocenters. The van der Waals surface area contributed by atoms with Crippen LogP contribution in [0.1, 0.15) is 32.3 Å². The van der Waals surface area contributed by atoms with Crippen molar-refractivity contribution in [2.45, 2.75) is 39.2 Å². The minimum Gasteiger partial charge on any atom is -0.496 e. The van der Waals surface area contributed by atoms with Gasteiger partial charge in [-0.25, -0.2) is 0 Å². The lowest BCUT2D eigenvalue weighted by Crippen LogP contribution is -2.39. The summed E-state index contributed by atoms with van der Waals surface area (Å²) < 4.78 is 5.26. The first kappa shape index (κ1) is 17.0. The molecule has 0 aliphatic rings. The maximum Gasteiger partial charge on any atom is 0.305 e. The van der Waals surface area contributed by atoms with Crippen LogP contribution in [0.5, 0.6) is 5.75 Å². The van der Waals surface area contributed by atoms with Gasteiger partial charge in [0.05, 0.1) is 13.5 Å². The Hall–Kier alpha value is -2.04. The Bertz CT molecular complexity index is 487. The van der Waals surface area contributed by atoms with Gasteiger partial charge in [0.1, 0.15) is 5.75 Å². The number of aliphatic carboxylic acids is 1. The van der Waals surface area contributed by atoms with Crippen molar-refractivity contribution in [1.29, 1.82) is 0 Å². The molecule has 21 heavy (non-hydrogen) atoms. The fourth-order valence-electron chi connectivity index (χ4n) is 2.39. The second-order valence-corrected chi connectivity index (χ2v) is 4.94. The van der Waals surface area contributed by atoms with Gasteiger partial charge in [-0.2, -0.15) is 0 Å². The van der Waals surface area contributed by atoms with E-state index in [9.17, 15) is 9.59 Å². The predicted octanol–water partition coefficient (Wildman–Crippen LogP) is 2.34. The highest BCUT2D eigenvalue weighted by Crippen LogP contribution is 2.19. The van der Waals surface area contributed by atoms with E-state index >= 15 is 0 Å². The number of nitrogens with zero attached hydrogens (tertiary/aromatic N) is 1. The second kappa shape index (κ2) is 8.29. The Morgan fingerprint density at radius 2 is 2.00 bits per heavy atom. The Morgan fingerprint density at radius 1 is 1.33 bits per heavy atom. The molecule has 0 spiro atoms. The first-order valence-electron chi connectivity index (χ1n) is 7.12. The summed E-state index contributed by atoms with van der Waals surface area (Å²) in [6.45, 7) is 4.14. The molecular weight excluding hydrogens is 270 g/mol. The predicted molar refractivity (Wildman–Crippen MR) is 80.4 cm³/mol. The molecule has 0 heterocycles. The Kier molecular flexibility index (Phi) is 6.72. The highest BCUT2D eigenvalue weighted by molar-refractivity contribution is 5.78. The fraction of sp³-hybridized carbons (Fsp3) is 0.500. The summed E-state index contributed by atoms with van der Waals surface area (Å²) in [5.41, 5.74) is 0.982. The molecule has 0 bridgehead atoms. The normalized spacial score (nSPS) is 11.8. The highest BCUT2D eigenvalue weighted by Gasteiger charge is 2.20. The van der Waals surface area contributed by atoms with Gasteiger partial charge in [0.15, 0.2) is 0 Å². The second-order valence-electron chi connectivity index (χ2n) is 4.94. The number of hydrogen-bond acceptors (Lipinski definition) is 3. The monoisotopic (exact) mass is 293 g/mol. The van der Waals surface area contributed by atoms with Crippen molar-refractivity contribution >= 4 is 11.9 Å². The van der Waals surface area contributed by atoms with Crippen LogP contribution >= 0.6 is 0 Å². The van der Waals surface area contributed by atoms with Crippen LogP contribution < -0.4 is 4.74 Å². The lowest BCUT2D eigenvalue weighted by molar-refractivity contribution is -0.140. The first-order valence-corrected chi connectivity index (χ1v) is 7.12. The molecule has 0 radical (unpaired) electrons. The molecule has 0 aromatic heterocycles. The van der Waals surface area contributed by atoms with Gasteiger partial charge in [-0.3, -0.25) is 9.59 Å². The molecular formula is C16H23NO4. The number of para-hydroxylation sites is 1. The molecule has 0 saturated heterocycles. The summed E-state index contributed by atoms with van der Waals surface area (Å²) in [4.78, 5) is 24.6. The number of benzene rings is 1. The molecule has 5 heteroatoms. The van der Waals surface area contributed by atoms with Crippen molar-refractivity contribution in [2.24, 2.45) is 0 Å². The van der Waals surface area contributed by atoms with Gasteiger partial charge < -0.3 is 14.7 Å². The summed E-state index contributed by atoms with van der Waals surface area (Å²) in [5.74, 6) is -0.150. The minimum atomic E-state index is -0.890. The molecule has 0 saturated carbocycles. The van der Waals surface area contributed by atoms with Gasteiger partial charge in [-0.15, -0.1) is 0 Å². The number of amides is 1. The van der Waals surface area contributed by atoms with Crippen LogP contribution in [0, 0.1) is 0 Å². The van der Waals surface area contributed by atoms with E-state index in [1.165, 1.54) is 0 Å². The van der Waals surface area contributed by atoms with Crippen LogP contribution in [0.4, 0.5) is 0 Å². The van der Waals surface area contributed by atoms with Crippen molar-refractivity contribution in [1.82, 2.24) is 4.90 Å². The topological polar surface area (TPSA) is 66.8 Å². The standard InChI is InChI=1S/C16H23NO4/c1-4-17(12(2)11-16(19)20)15(18)10-9-13-7-5-6-8-14(13)21-3/h5-8,12H,4,9-11H2,1-3H3,(H,19,20). The quantitative estimate of drug-likeness (QED) is 0.799. The van der Waals surface area contributed by atoms with Gasteiger partial charge in [0.25, 0.3) is 0 Å². The van der Waals surface area contributed by atoms with Gasteiger partial charge in [-0.05, 0) is 31.9 Å². The molecule has 1 aromatic rings. The number of carboxylic acids is 1. The Balaban J connectivity index is 2.64. The third-order valence-corrected chi connectivity index (χ3v) is 3.46. The van der Waals surface area contributed by atoms with E-state index in [0.717, 1.165) is 11.3 Å². The molecule has 0 fully saturated rings. The number of carbonyl (C=O) groups is 2. The van der Waals surface area contributed by atoms with Crippen molar-refractivity contribution < 1.29 is 19.4 Å². The number of ether oxygens (including phenoxy) is 1. The lowest BCUT2D eigenvalue weighted by Gasteiger charge is -2.27. The Labute approximate surface area is 125 Å². The molecule has 0 aliphatic carbocycles. The largest absolute Gasteiger partial charge is 0.496 e. The number of aryl methyl sites for hydroxylation is 1. The van der Waals surface area contributed by atoms with Crippen LogP contribution in [0.15, 0.2) is 24.3 Å². The van der Waals surface area contributed by atoms with Crippen LogP contribution in [0.2, 0.25) is 0 Å². The molecule has 1 aromatic carbocycles. The van der Waals surface area contributed by atoms with Gasteiger partial charge in [0.2, 0.25) is 5.91 Å². The number of methoxy groups -OCH3 is 1. The van der Waals surface area contributed by atoms with Gasteiger partial charge >= 0.3 is 5.97 Å². The Morgan fingerprint density at radius 3 is 2.57 bits per heavy atom. The summed E-state index contributed by atoms with van der Waals surface area (Å²) in [5, 5.41) is 8.83. The number of carboxylic acid groups (broad SMARTS) is 1. The van der Waals surface area contributed by atoms with Gasteiger partial charge in [0, 0.05) is 19.0 Å². The number of rotatable bonds is 8. The third-order valence-electron chi connectivity index (χ3n) is 3.46. The molecule has 5 nitrogen and oxygen atoms in total. The molecule has 1 rings (SSSR count). The zero-order chi connectivity index (χ0) is 15.8. The minimum absolute atomic E-state index is 0.0304. The summed E-state index contributed by atoms with van der Waals surface area (Å²) in [6, 6.07) is 7.30. The fourth-order valence-corrected chi connectivity index (χ4v) is 2.39. The molecule has 0 aliphatic heterocycles. The van der Waals surface area contributed by atoms with Crippen molar-refractivity contribution in [3.63, 3.8) is 0 Å². The average Bonchev–Trinajstić information content (AvgIpc) is 2.45. The third kappa shape index (κ3) is 5.10. The van der Waals surface area contributed by atoms with E-state index in [0.29, 0.717) is 19.4 Å². The van der Waals surface area contributed by atoms with Crippen LogP contribution in [-0.4, -0.2) is 41.6 Å². The molecule has 1 amide bonds. The van der Waals surface area contributed by atoms with E-state index in [1.807, 2.05) is 31.2 Å². The van der Waals surface area contributed by atoms with Crippen LogP contribution in [0.25, 0.3) is 0 Å². The summed E-state index contributed by atoms with van der Waals surface area (Å²) in [7, 11) is 1.61. The number of carbonyl (C=O) groups excluding carboxylic acids is 1. The molecule has 116 valence electrons. The smallest absolute Gasteiger partial charge is 0.305 e. The molecule has 1 atom stereocenters. The van der Waals surface area contributed by atoms with E-state index in [-0.39, 0.29) is 18.4 Å². The van der Waals surface area contributed by atoms with Crippen LogP contribution in [-0.2, 0) is 16.0 Å². The van der Waals surface area contributed by atoms with E-state index in [2.05, 4.69) is 0 Å². The van der Waals surface area contributed by atoms with Crippen molar-refractivity contribution in [2.75, 3.05) is 13.7 Å². The number of hydrogen-bond donors (Lipinski definition) is 1. The first-order chi connectivity index (χ1) is 9.99. The lowest BCUT2D eigenvalue weighted by atomic mass is 10.1. The summed E-state index contributed by atoms with van der Waals surface area (Å²) in [6.07, 6.45) is 0.894. The zero-order valence-corrected chi connectivity index (χ0v) is 12.8. The maximum atomic E-state index is 12.3. The molecule has 1 N–H and O–H groups in total. The van der Waals surface area contributed by atoms with Crippen molar-refractivity contribution in [3.05, 3.63) is 29.8 Å². The van der Waals surface area contributed by atoms with Gasteiger partial charge in [-0.1, -0.05) is 18.2 Å². The van der Waals surface area contributed by atoms with E-state index in [4.69, 9.17) is 9.84 Å². The van der Waals surface area contributed by atoms with Crippen LogP contribution in [0.3, 0.4) is 0 Å². The van der Waals surface area contributed by atoms with E-state index in [1.54, 1.807) is 18.9 Å². The van der Waals surface area contributed by atoms with Crippen molar-refractivity contribution in [3.8, 4) is 5.75 Å². The maximum absolute atomic E-state index is 12.3. The summed E-state index contributed by atoms with van der Waals surface area (Å²) >= 11 is 0. The average molecular weight is 293 g/mol. The SMILES string of the molecule is CCN(C(=O)CCc1ccccc1OC)C(C)CC(=O)O. The van der Waals surface area contributed by atoms with E-state index < -0.39 is 5.97 Å².